The van der Waals surface area contributed by atoms with Crippen LogP contribution in [0, 0.1) is 17.6 Å². The minimum Gasteiger partial charge on any atom is -0.505 e. The molecule has 1 atom stereocenters. The van der Waals surface area contributed by atoms with E-state index in [0.29, 0.717) is 11.5 Å². The maximum absolute atomic E-state index is 13.0. The molecule has 0 bridgehead atoms. The lowest BCUT2D eigenvalue weighted by atomic mass is 10.0. The standard InChI is InChI=1S/C11H13F2NO/c12-8-4-3-7(11(15)10(8)13)9(14)5-6-1-2-6/h3-4,6,9,15H,1-2,5,14H2/t9-/m1/s1. The van der Waals surface area contributed by atoms with Gasteiger partial charge in [-0.1, -0.05) is 18.9 Å². The fourth-order valence-electron chi connectivity index (χ4n) is 1.69. The van der Waals surface area contributed by atoms with E-state index in [-0.39, 0.29) is 0 Å². The molecule has 0 aliphatic heterocycles. The molecule has 15 heavy (non-hydrogen) atoms. The Morgan fingerprint density at radius 3 is 2.67 bits per heavy atom. The molecule has 2 rings (SSSR count). The highest BCUT2D eigenvalue weighted by Crippen LogP contribution is 2.39. The van der Waals surface area contributed by atoms with Crippen LogP contribution in [0.1, 0.15) is 30.9 Å². The largest absolute Gasteiger partial charge is 0.505 e. The summed E-state index contributed by atoms with van der Waals surface area (Å²) in [5.74, 6) is -2.33. The summed E-state index contributed by atoms with van der Waals surface area (Å²) in [4.78, 5) is 0. The molecule has 0 spiro atoms. The minimum absolute atomic E-state index is 0.292. The summed E-state index contributed by atoms with van der Waals surface area (Å²) in [5, 5.41) is 9.39. The van der Waals surface area contributed by atoms with Crippen molar-refractivity contribution in [2.75, 3.05) is 0 Å². The van der Waals surface area contributed by atoms with Crippen LogP contribution in [0.2, 0.25) is 0 Å². The molecule has 1 aliphatic rings. The molecular weight excluding hydrogens is 200 g/mol. The molecule has 1 aromatic carbocycles. The van der Waals surface area contributed by atoms with E-state index in [4.69, 9.17) is 5.73 Å². The fourth-order valence-corrected chi connectivity index (χ4v) is 1.69. The number of benzene rings is 1. The van der Waals surface area contributed by atoms with Gasteiger partial charge in [0.1, 0.15) is 0 Å². The Morgan fingerprint density at radius 2 is 2.07 bits per heavy atom. The predicted molar refractivity (Wildman–Crippen MR) is 52.3 cm³/mol. The van der Waals surface area contributed by atoms with Crippen molar-refractivity contribution in [2.45, 2.75) is 25.3 Å². The Balaban J connectivity index is 2.22. The van der Waals surface area contributed by atoms with Gasteiger partial charge in [-0.15, -0.1) is 0 Å². The zero-order valence-corrected chi connectivity index (χ0v) is 8.21. The third-order valence-corrected chi connectivity index (χ3v) is 2.78. The van der Waals surface area contributed by atoms with Gasteiger partial charge in [0.05, 0.1) is 0 Å². The molecule has 2 nitrogen and oxygen atoms in total. The zero-order chi connectivity index (χ0) is 11.0. The third kappa shape index (κ3) is 2.09. The van der Waals surface area contributed by atoms with Gasteiger partial charge in [-0.05, 0) is 18.4 Å². The first-order valence-corrected chi connectivity index (χ1v) is 5.02. The van der Waals surface area contributed by atoms with Crippen LogP contribution in [-0.4, -0.2) is 5.11 Å². The predicted octanol–water partition coefficient (Wildman–Crippen LogP) is 2.47. The first-order valence-electron chi connectivity index (χ1n) is 5.02. The van der Waals surface area contributed by atoms with E-state index in [1.54, 1.807) is 0 Å². The molecule has 4 heteroatoms. The molecule has 82 valence electrons. The molecule has 0 saturated heterocycles. The van der Waals surface area contributed by atoms with E-state index in [9.17, 15) is 13.9 Å². The molecule has 0 heterocycles. The molecule has 1 aromatic rings. The van der Waals surface area contributed by atoms with Gasteiger partial charge in [0.25, 0.3) is 0 Å². The Bertz CT molecular complexity index is 377. The van der Waals surface area contributed by atoms with Crippen molar-refractivity contribution >= 4 is 0 Å². The van der Waals surface area contributed by atoms with Gasteiger partial charge in [-0.2, -0.15) is 4.39 Å². The van der Waals surface area contributed by atoms with Gasteiger partial charge >= 0.3 is 0 Å². The number of hydrogen-bond donors (Lipinski definition) is 2. The average molecular weight is 213 g/mol. The van der Waals surface area contributed by atoms with Crippen LogP contribution in [0.3, 0.4) is 0 Å². The van der Waals surface area contributed by atoms with Crippen molar-refractivity contribution in [3.8, 4) is 5.75 Å². The zero-order valence-electron chi connectivity index (χ0n) is 8.21. The Labute approximate surface area is 86.7 Å². The van der Waals surface area contributed by atoms with Crippen molar-refractivity contribution < 1.29 is 13.9 Å². The summed E-state index contributed by atoms with van der Waals surface area (Å²) >= 11 is 0. The Kier molecular flexibility index (Phi) is 2.61. The van der Waals surface area contributed by atoms with Gasteiger partial charge in [-0.3, -0.25) is 0 Å². The van der Waals surface area contributed by atoms with Crippen LogP contribution in [-0.2, 0) is 0 Å². The van der Waals surface area contributed by atoms with E-state index in [2.05, 4.69) is 0 Å². The summed E-state index contributed by atoms with van der Waals surface area (Å²) in [5.41, 5.74) is 6.10. The van der Waals surface area contributed by atoms with Gasteiger partial charge in [-0.25, -0.2) is 4.39 Å². The molecule has 3 N–H and O–H groups in total. The number of phenols is 1. The van der Waals surface area contributed by atoms with Crippen LogP contribution in [0.4, 0.5) is 8.78 Å². The third-order valence-electron chi connectivity index (χ3n) is 2.78. The van der Waals surface area contributed by atoms with Crippen molar-refractivity contribution in [2.24, 2.45) is 11.7 Å². The first-order chi connectivity index (χ1) is 7.09. The lowest BCUT2D eigenvalue weighted by molar-refractivity contribution is 0.394. The number of rotatable bonds is 3. The minimum atomic E-state index is -1.21. The van der Waals surface area contributed by atoms with Gasteiger partial charge in [0, 0.05) is 11.6 Å². The van der Waals surface area contributed by atoms with Crippen molar-refractivity contribution in [3.05, 3.63) is 29.3 Å². The number of phenolic OH excluding ortho intramolecular Hbond substituents is 1. The van der Waals surface area contributed by atoms with E-state index in [1.807, 2.05) is 0 Å². The summed E-state index contributed by atoms with van der Waals surface area (Å²) in [6, 6.07) is 1.94. The van der Waals surface area contributed by atoms with Crippen molar-refractivity contribution in [3.63, 3.8) is 0 Å². The van der Waals surface area contributed by atoms with Crippen molar-refractivity contribution in [1.29, 1.82) is 0 Å². The smallest absolute Gasteiger partial charge is 0.200 e. The van der Waals surface area contributed by atoms with E-state index in [0.717, 1.165) is 25.3 Å². The normalized spacial score (nSPS) is 17.8. The number of halogens is 2. The van der Waals surface area contributed by atoms with Crippen molar-refractivity contribution in [1.82, 2.24) is 0 Å². The maximum Gasteiger partial charge on any atom is 0.200 e. The lowest BCUT2D eigenvalue weighted by Gasteiger charge is -2.13. The number of aromatic hydroxyl groups is 1. The number of nitrogens with two attached hydrogens (primary N) is 1. The molecular formula is C11H13F2NO. The quantitative estimate of drug-likeness (QED) is 0.810. The topological polar surface area (TPSA) is 46.2 Å². The average Bonchev–Trinajstić information content (AvgIpc) is 2.98. The van der Waals surface area contributed by atoms with Crippen LogP contribution in [0.25, 0.3) is 0 Å². The highest BCUT2D eigenvalue weighted by atomic mass is 19.2. The maximum atomic E-state index is 13.0. The van der Waals surface area contributed by atoms with Crippen LogP contribution < -0.4 is 5.73 Å². The summed E-state index contributed by atoms with van der Waals surface area (Å²) in [7, 11) is 0. The second-order valence-electron chi connectivity index (χ2n) is 4.08. The second kappa shape index (κ2) is 3.77. The fraction of sp³-hybridized carbons (Fsp3) is 0.455. The summed E-state index contributed by atoms with van der Waals surface area (Å²) in [6.07, 6.45) is 2.99. The molecule has 1 saturated carbocycles. The highest BCUT2D eigenvalue weighted by Gasteiger charge is 2.26. The summed E-state index contributed by atoms with van der Waals surface area (Å²) < 4.78 is 25.7. The van der Waals surface area contributed by atoms with E-state index < -0.39 is 23.4 Å². The number of hydrogen-bond acceptors (Lipinski definition) is 2. The monoisotopic (exact) mass is 213 g/mol. The molecule has 0 aromatic heterocycles. The Morgan fingerprint density at radius 1 is 1.40 bits per heavy atom. The second-order valence-corrected chi connectivity index (χ2v) is 4.08. The summed E-state index contributed by atoms with van der Waals surface area (Å²) in [6.45, 7) is 0. The molecule has 0 amide bonds. The van der Waals surface area contributed by atoms with E-state index in [1.165, 1.54) is 6.07 Å². The van der Waals surface area contributed by atoms with Gasteiger partial charge < -0.3 is 10.8 Å². The highest BCUT2D eigenvalue weighted by molar-refractivity contribution is 5.36. The molecule has 1 aliphatic carbocycles. The van der Waals surface area contributed by atoms with E-state index >= 15 is 0 Å². The molecule has 1 fully saturated rings. The van der Waals surface area contributed by atoms with Gasteiger partial charge in [0.2, 0.25) is 5.82 Å². The van der Waals surface area contributed by atoms with Gasteiger partial charge in [0.15, 0.2) is 11.6 Å². The first kappa shape index (κ1) is 10.4. The van der Waals surface area contributed by atoms with Crippen LogP contribution in [0.5, 0.6) is 5.75 Å². The molecule has 0 unspecified atom stereocenters. The lowest BCUT2D eigenvalue weighted by Crippen LogP contribution is -2.12. The Hall–Kier alpha value is -1.16. The van der Waals surface area contributed by atoms with Crippen LogP contribution >= 0.6 is 0 Å². The van der Waals surface area contributed by atoms with Crippen LogP contribution in [0.15, 0.2) is 12.1 Å². The SMILES string of the molecule is N[C@H](CC1CC1)c1ccc(F)c(F)c1O. The molecule has 0 radical (unpaired) electrons.